The van der Waals surface area contributed by atoms with Crippen molar-refractivity contribution in [3.8, 4) is 0 Å². The Morgan fingerprint density at radius 2 is 1.03 bits per heavy atom. The van der Waals surface area contributed by atoms with Crippen molar-refractivity contribution in [2.75, 3.05) is 14.2 Å². The lowest BCUT2D eigenvalue weighted by molar-refractivity contribution is -0.143. The van der Waals surface area contributed by atoms with Crippen molar-refractivity contribution in [2.24, 2.45) is 0 Å². The lowest BCUT2D eigenvalue weighted by Crippen LogP contribution is -2.44. The predicted octanol–water partition coefficient (Wildman–Crippen LogP) is 3.55. The van der Waals surface area contributed by atoms with E-state index in [0.717, 1.165) is 5.30 Å². The number of hydrogen-bond acceptors (Lipinski definition) is 10. The van der Waals surface area contributed by atoms with Crippen molar-refractivity contribution >= 4 is 47.8 Å². The van der Waals surface area contributed by atoms with Crippen LogP contribution in [-0.4, -0.2) is 79.4 Å². The molecule has 17 heteroatoms. The van der Waals surface area contributed by atoms with Gasteiger partial charge in [-0.05, 0) is 48.6 Å². The normalized spacial score (nSPS) is 15.7. The van der Waals surface area contributed by atoms with Gasteiger partial charge in [-0.1, -0.05) is 78.9 Å². The molecule has 0 spiro atoms. The first kappa shape index (κ1) is 40.3. The van der Waals surface area contributed by atoms with Crippen molar-refractivity contribution in [3.63, 3.8) is 0 Å². The highest BCUT2D eigenvalue weighted by Gasteiger charge is 2.47. The van der Waals surface area contributed by atoms with E-state index >= 15 is 9.59 Å². The van der Waals surface area contributed by atoms with Crippen molar-refractivity contribution in [3.05, 3.63) is 183 Å². The number of benzene rings is 4. The molecular formula is C44H39N8O8P. The van der Waals surface area contributed by atoms with Crippen molar-refractivity contribution < 1.29 is 28.7 Å². The van der Waals surface area contributed by atoms with E-state index in [1.54, 1.807) is 85.2 Å². The number of fused-ring (bicyclic) bond motifs is 2. The summed E-state index contributed by atoms with van der Waals surface area (Å²) in [6.45, 7) is 0. The first-order valence-electron chi connectivity index (χ1n) is 19.2. The Hall–Kier alpha value is -7.45. The van der Waals surface area contributed by atoms with E-state index in [4.69, 9.17) is 9.47 Å². The van der Waals surface area contributed by atoms with Gasteiger partial charge in [-0.2, -0.15) is 0 Å². The zero-order valence-corrected chi connectivity index (χ0v) is 33.7. The summed E-state index contributed by atoms with van der Waals surface area (Å²) in [6, 6.07) is 27.2. The van der Waals surface area contributed by atoms with E-state index in [9.17, 15) is 19.2 Å². The Kier molecular flexibility index (Phi) is 11.5. The number of rotatable bonds is 13. The van der Waals surface area contributed by atoms with Crippen LogP contribution in [0, 0.1) is 0 Å². The second kappa shape index (κ2) is 17.4. The molecule has 308 valence electrons. The van der Waals surface area contributed by atoms with Gasteiger partial charge in [-0.3, -0.25) is 19.2 Å². The lowest BCUT2D eigenvalue weighted by atomic mass is 10.0. The Labute approximate surface area is 348 Å². The SMILES string of the molecule is COC(=O)[C@H](Cc1cnc[nH]1)NC(=O)c1ccccc1[C@@H]1n2c(=O)c3ccccc3c(=O)n2[C@@H](c2ccccc2C(=O)N[C@@H](Cc2cnc[nH]2)C(=O)OC)P1c1ccccc1. The van der Waals surface area contributed by atoms with Gasteiger partial charge in [0, 0.05) is 47.8 Å². The Morgan fingerprint density at radius 3 is 1.44 bits per heavy atom. The Balaban J connectivity index is 1.32. The van der Waals surface area contributed by atoms with E-state index in [0.29, 0.717) is 22.5 Å². The molecular weight excluding hydrogens is 800 g/mol. The minimum atomic E-state index is -1.81. The number of nitrogens with one attached hydrogen (secondary N) is 4. The summed E-state index contributed by atoms with van der Waals surface area (Å²) in [5, 5.41) is 6.77. The summed E-state index contributed by atoms with van der Waals surface area (Å²) < 4.78 is 12.9. The topological polar surface area (TPSA) is 212 Å². The fraction of sp³-hybridized carbons (Fsp3) is 0.182. The maximum atomic E-state index is 15.0. The molecule has 0 radical (unpaired) electrons. The molecule has 4 atom stereocenters. The van der Waals surface area contributed by atoms with E-state index in [1.807, 2.05) is 30.3 Å². The average Bonchev–Trinajstić information content (AvgIpc) is 4.09. The number of esters is 2. The number of ether oxygens (including phenoxy) is 2. The zero-order valence-electron chi connectivity index (χ0n) is 32.9. The maximum Gasteiger partial charge on any atom is 0.328 e. The molecule has 1 aliphatic rings. The maximum absolute atomic E-state index is 15.0. The number of nitrogens with zero attached hydrogens (tertiary/aromatic N) is 4. The van der Waals surface area contributed by atoms with Crippen molar-refractivity contribution in [1.29, 1.82) is 0 Å². The first-order valence-corrected chi connectivity index (χ1v) is 20.7. The number of methoxy groups -OCH3 is 2. The Morgan fingerprint density at radius 1 is 0.623 bits per heavy atom. The number of carbonyl (C=O) groups excluding carboxylic acids is 4. The van der Waals surface area contributed by atoms with E-state index < -0.39 is 66.4 Å². The van der Waals surface area contributed by atoms with Crippen LogP contribution >= 0.6 is 7.92 Å². The zero-order chi connectivity index (χ0) is 42.6. The molecule has 3 aromatic heterocycles. The minimum absolute atomic E-state index is 0.0596. The number of carbonyl (C=O) groups is 4. The number of hydrogen-bond donors (Lipinski definition) is 4. The molecule has 0 fully saturated rings. The summed E-state index contributed by atoms with van der Waals surface area (Å²) in [6.07, 6.45) is 6.13. The second-order valence-corrected chi connectivity index (χ2v) is 16.5. The monoisotopic (exact) mass is 838 g/mol. The highest BCUT2D eigenvalue weighted by atomic mass is 31.1. The predicted molar refractivity (Wildman–Crippen MR) is 226 cm³/mol. The molecule has 2 amide bonds. The number of imidazole rings is 2. The van der Waals surface area contributed by atoms with Crippen LogP contribution in [0.3, 0.4) is 0 Å². The number of aromatic amines is 2. The van der Waals surface area contributed by atoms with Crippen LogP contribution in [0.15, 0.2) is 138 Å². The van der Waals surface area contributed by atoms with Gasteiger partial charge < -0.3 is 30.1 Å². The summed E-state index contributed by atoms with van der Waals surface area (Å²) in [4.78, 5) is 99.0. The molecule has 0 bridgehead atoms. The van der Waals surface area contributed by atoms with Gasteiger partial charge >= 0.3 is 11.9 Å². The molecule has 0 saturated carbocycles. The lowest BCUT2D eigenvalue weighted by Gasteiger charge is -2.28. The summed E-state index contributed by atoms with van der Waals surface area (Å²) in [5.41, 5.74) is 1.31. The molecule has 61 heavy (non-hydrogen) atoms. The molecule has 0 aliphatic carbocycles. The minimum Gasteiger partial charge on any atom is -0.467 e. The molecule has 4 heterocycles. The van der Waals surface area contributed by atoms with Crippen LogP contribution in [0.25, 0.3) is 10.8 Å². The molecule has 1 aliphatic heterocycles. The fourth-order valence-corrected chi connectivity index (χ4v) is 11.1. The van der Waals surface area contributed by atoms with Gasteiger partial charge in [0.15, 0.2) is 0 Å². The molecule has 8 rings (SSSR count). The molecule has 7 aromatic rings. The molecule has 16 nitrogen and oxygen atoms in total. The molecule has 0 saturated heterocycles. The van der Waals surface area contributed by atoms with Crippen molar-refractivity contribution in [1.82, 2.24) is 39.9 Å². The summed E-state index contributed by atoms with van der Waals surface area (Å²) in [5.74, 6) is -4.52. The van der Waals surface area contributed by atoms with E-state index in [1.165, 1.54) is 36.2 Å². The van der Waals surface area contributed by atoms with Gasteiger partial charge in [-0.15, -0.1) is 0 Å². The average molecular weight is 839 g/mol. The number of H-pyrrole nitrogens is 2. The van der Waals surface area contributed by atoms with E-state index in [2.05, 4.69) is 30.6 Å². The largest absolute Gasteiger partial charge is 0.467 e. The van der Waals surface area contributed by atoms with Crippen LogP contribution in [0.5, 0.6) is 0 Å². The third-order valence-electron chi connectivity index (χ3n) is 10.6. The van der Waals surface area contributed by atoms with Gasteiger partial charge in [0.2, 0.25) is 0 Å². The fourth-order valence-electron chi connectivity index (χ4n) is 7.80. The molecule has 4 aromatic carbocycles. The highest BCUT2D eigenvalue weighted by molar-refractivity contribution is 7.66. The number of aromatic nitrogens is 6. The van der Waals surface area contributed by atoms with Gasteiger partial charge in [-0.25, -0.2) is 28.9 Å². The van der Waals surface area contributed by atoms with Crippen LogP contribution in [-0.2, 0) is 31.9 Å². The molecule has 0 unspecified atom stereocenters. The first-order chi connectivity index (χ1) is 29.7. The van der Waals surface area contributed by atoms with Crippen LogP contribution in [0.4, 0.5) is 0 Å². The van der Waals surface area contributed by atoms with Crippen LogP contribution in [0.1, 0.15) is 54.8 Å². The highest BCUT2D eigenvalue weighted by Crippen LogP contribution is 2.65. The van der Waals surface area contributed by atoms with Crippen molar-refractivity contribution in [2.45, 2.75) is 36.5 Å². The second-order valence-electron chi connectivity index (χ2n) is 14.2. The Bertz CT molecular complexity index is 2690. The molecule has 4 N–H and O–H groups in total. The quantitative estimate of drug-likeness (QED) is 0.0980. The standard InChI is InChI=1S/C44H39N8O8P/c1-59-43(57)35(20-26-22-45-24-47-26)49-37(53)29-14-6-10-18-33(29)41-51-39(55)31-16-8-9-17-32(31)40(56)52(51)42(61(41)28-12-4-3-5-13-28)34-19-11-7-15-30(34)38(54)50-36(44(58)60-2)21-27-23-46-25-48-27/h3-19,22-25,35-36,41-42H,20-21H2,1-2H3,(H,45,47)(H,46,48)(H,49,53)(H,50,54)/t35-,36-,41+,42+/m0/s1. The van der Waals surface area contributed by atoms with Gasteiger partial charge in [0.05, 0.1) is 37.6 Å². The van der Waals surface area contributed by atoms with Gasteiger partial charge in [0.25, 0.3) is 22.9 Å². The van der Waals surface area contributed by atoms with Crippen LogP contribution < -0.4 is 27.1 Å². The van der Waals surface area contributed by atoms with E-state index in [-0.39, 0.29) is 34.7 Å². The summed E-state index contributed by atoms with van der Waals surface area (Å²) in [7, 11) is 0.652. The smallest absolute Gasteiger partial charge is 0.328 e. The summed E-state index contributed by atoms with van der Waals surface area (Å²) >= 11 is 0. The third-order valence-corrected chi connectivity index (χ3v) is 13.5. The third kappa shape index (κ3) is 7.76. The van der Waals surface area contributed by atoms with Gasteiger partial charge in [0.1, 0.15) is 23.6 Å². The number of amides is 2. The van der Waals surface area contributed by atoms with Crippen LogP contribution in [0.2, 0.25) is 0 Å².